The zero-order valence-electron chi connectivity index (χ0n) is 21.0. The van der Waals surface area contributed by atoms with E-state index in [9.17, 15) is 0 Å². The molecule has 37 heavy (non-hydrogen) atoms. The molecule has 1 saturated heterocycles. The summed E-state index contributed by atoms with van der Waals surface area (Å²) in [6.07, 6.45) is 3.21. The molecule has 1 aromatic carbocycles. The smallest absolute Gasteiger partial charge is 0.246 e. The third-order valence-electron chi connectivity index (χ3n) is 6.40. The number of nitrogens with one attached hydrogen (secondary N) is 2. The number of nitrogens with zero attached hydrogens (tertiary/aromatic N) is 6. The number of benzene rings is 1. The van der Waals surface area contributed by atoms with Gasteiger partial charge in [0, 0.05) is 50.6 Å². The van der Waals surface area contributed by atoms with Gasteiger partial charge in [0.25, 0.3) is 0 Å². The number of rotatable bonds is 10. The molecule has 0 bridgehead atoms. The van der Waals surface area contributed by atoms with Crippen molar-refractivity contribution in [1.29, 1.82) is 0 Å². The number of hydrogen-bond acceptors (Lipinski definition) is 9. The zero-order valence-corrected chi connectivity index (χ0v) is 21.8. The highest BCUT2D eigenvalue weighted by Gasteiger charge is 2.19. The van der Waals surface area contributed by atoms with Gasteiger partial charge in [0.1, 0.15) is 36.5 Å². The Hall–Kier alpha value is -3.47. The fourth-order valence-corrected chi connectivity index (χ4v) is 4.51. The fourth-order valence-electron chi connectivity index (χ4n) is 4.27. The molecule has 2 N–H and O–H groups in total. The SMILES string of the molecule is CC(C)N1CCN(CCOc2n[nH]c3ncnc(Nc4ccc(OCc5ccccn5)c(Cl)c4)c23)CC1. The van der Waals surface area contributed by atoms with Crippen LogP contribution in [-0.2, 0) is 6.61 Å². The molecule has 1 fully saturated rings. The molecule has 11 heteroatoms. The summed E-state index contributed by atoms with van der Waals surface area (Å²) in [7, 11) is 0. The molecule has 10 nitrogen and oxygen atoms in total. The number of piperazine rings is 1. The summed E-state index contributed by atoms with van der Waals surface area (Å²) in [5.41, 5.74) is 2.18. The van der Waals surface area contributed by atoms with Crippen molar-refractivity contribution in [1.82, 2.24) is 34.9 Å². The molecule has 3 aromatic heterocycles. The molecule has 1 aliphatic rings. The second-order valence-corrected chi connectivity index (χ2v) is 9.58. The van der Waals surface area contributed by atoms with E-state index >= 15 is 0 Å². The fraction of sp³-hybridized carbons (Fsp3) is 0.385. The standard InChI is InChI=1S/C26H31ClN8O2/c1-18(2)35-11-9-34(10-12-35)13-14-36-26-23-24(29-17-30-25(23)32-33-26)31-19-6-7-22(21(27)15-19)37-16-20-5-3-4-8-28-20/h3-8,15,17-18H,9-14,16H2,1-2H3,(H2,29,30,31,32,33). The van der Waals surface area contributed by atoms with Crippen LogP contribution in [0.4, 0.5) is 11.5 Å². The van der Waals surface area contributed by atoms with Crippen molar-refractivity contribution in [3.63, 3.8) is 0 Å². The Morgan fingerprint density at radius 1 is 1.05 bits per heavy atom. The minimum absolute atomic E-state index is 0.336. The molecular formula is C26H31ClN8O2. The van der Waals surface area contributed by atoms with E-state index in [1.807, 2.05) is 30.3 Å². The first-order valence-corrected chi connectivity index (χ1v) is 12.8. The predicted octanol–water partition coefficient (Wildman–Crippen LogP) is 4.13. The Balaban J connectivity index is 1.21. The summed E-state index contributed by atoms with van der Waals surface area (Å²) in [4.78, 5) is 17.9. The van der Waals surface area contributed by atoms with E-state index < -0.39 is 0 Å². The summed E-state index contributed by atoms with van der Waals surface area (Å²) in [5, 5.41) is 11.8. The Kier molecular flexibility index (Phi) is 7.98. The van der Waals surface area contributed by atoms with Crippen LogP contribution in [0.3, 0.4) is 0 Å². The Bertz CT molecular complexity index is 1310. The van der Waals surface area contributed by atoms with Crippen LogP contribution >= 0.6 is 11.6 Å². The van der Waals surface area contributed by atoms with Crippen molar-refractivity contribution in [3.8, 4) is 11.6 Å². The topological polar surface area (TPSA) is 104 Å². The number of hydrogen-bond donors (Lipinski definition) is 2. The lowest BCUT2D eigenvalue weighted by atomic mass is 10.2. The third-order valence-corrected chi connectivity index (χ3v) is 6.70. The van der Waals surface area contributed by atoms with Crippen molar-refractivity contribution in [2.75, 3.05) is 44.6 Å². The van der Waals surface area contributed by atoms with Gasteiger partial charge in [0.2, 0.25) is 5.88 Å². The first kappa shape index (κ1) is 25.2. The molecule has 4 heterocycles. The molecule has 0 aliphatic carbocycles. The summed E-state index contributed by atoms with van der Waals surface area (Å²) < 4.78 is 11.9. The number of H-pyrrole nitrogens is 1. The molecule has 0 unspecified atom stereocenters. The van der Waals surface area contributed by atoms with Crippen molar-refractivity contribution < 1.29 is 9.47 Å². The molecule has 194 valence electrons. The number of halogens is 1. The van der Waals surface area contributed by atoms with E-state index in [0.717, 1.165) is 44.1 Å². The van der Waals surface area contributed by atoms with Crippen molar-refractivity contribution in [2.45, 2.75) is 26.5 Å². The maximum atomic E-state index is 6.49. The Morgan fingerprint density at radius 2 is 1.92 bits per heavy atom. The largest absolute Gasteiger partial charge is 0.486 e. The van der Waals surface area contributed by atoms with E-state index in [0.29, 0.717) is 52.8 Å². The van der Waals surface area contributed by atoms with Crippen LogP contribution in [0.15, 0.2) is 48.9 Å². The second-order valence-electron chi connectivity index (χ2n) is 9.17. The summed E-state index contributed by atoms with van der Waals surface area (Å²) >= 11 is 6.49. The lowest BCUT2D eigenvalue weighted by molar-refractivity contribution is 0.0967. The monoisotopic (exact) mass is 522 g/mol. The summed E-state index contributed by atoms with van der Waals surface area (Å²) in [5.74, 6) is 1.63. The van der Waals surface area contributed by atoms with Crippen LogP contribution in [0, 0.1) is 0 Å². The molecule has 0 atom stereocenters. The van der Waals surface area contributed by atoms with Crippen LogP contribution in [0.1, 0.15) is 19.5 Å². The molecule has 1 aliphatic heterocycles. The van der Waals surface area contributed by atoms with Crippen LogP contribution in [0.2, 0.25) is 5.02 Å². The van der Waals surface area contributed by atoms with Gasteiger partial charge in [-0.1, -0.05) is 17.7 Å². The van der Waals surface area contributed by atoms with E-state index in [4.69, 9.17) is 21.1 Å². The Labute approximate surface area is 221 Å². The molecular weight excluding hydrogens is 492 g/mol. The maximum Gasteiger partial charge on any atom is 0.246 e. The number of aromatic nitrogens is 5. The normalized spacial score (nSPS) is 14.8. The molecule has 0 radical (unpaired) electrons. The van der Waals surface area contributed by atoms with E-state index in [2.05, 4.69) is 54.1 Å². The van der Waals surface area contributed by atoms with E-state index in [1.54, 1.807) is 12.3 Å². The van der Waals surface area contributed by atoms with Gasteiger partial charge in [0.05, 0.1) is 10.7 Å². The van der Waals surface area contributed by atoms with Crippen LogP contribution in [0.5, 0.6) is 11.6 Å². The summed E-state index contributed by atoms with van der Waals surface area (Å²) in [6.45, 7) is 10.5. The molecule has 5 rings (SSSR count). The molecule has 0 amide bonds. The highest BCUT2D eigenvalue weighted by molar-refractivity contribution is 6.32. The predicted molar refractivity (Wildman–Crippen MR) is 144 cm³/mol. The van der Waals surface area contributed by atoms with Crippen LogP contribution in [-0.4, -0.2) is 80.3 Å². The number of ether oxygens (including phenoxy) is 2. The van der Waals surface area contributed by atoms with Gasteiger partial charge in [-0.25, -0.2) is 9.97 Å². The number of fused-ring (bicyclic) bond motifs is 1. The molecule has 0 spiro atoms. The minimum atomic E-state index is 0.336. The lowest BCUT2D eigenvalue weighted by Crippen LogP contribution is -2.49. The van der Waals surface area contributed by atoms with Gasteiger partial charge in [0.15, 0.2) is 5.65 Å². The second kappa shape index (κ2) is 11.7. The van der Waals surface area contributed by atoms with E-state index in [1.165, 1.54) is 6.33 Å². The maximum absolute atomic E-state index is 6.49. The zero-order chi connectivity index (χ0) is 25.6. The van der Waals surface area contributed by atoms with E-state index in [-0.39, 0.29) is 0 Å². The lowest BCUT2D eigenvalue weighted by Gasteiger charge is -2.36. The average Bonchev–Trinajstić information content (AvgIpc) is 3.33. The van der Waals surface area contributed by atoms with Crippen molar-refractivity contribution in [2.24, 2.45) is 0 Å². The highest BCUT2D eigenvalue weighted by Crippen LogP contribution is 2.33. The third kappa shape index (κ3) is 6.27. The molecule has 0 saturated carbocycles. The van der Waals surface area contributed by atoms with Crippen molar-refractivity contribution >= 4 is 34.1 Å². The molecule has 4 aromatic rings. The number of anilines is 2. The van der Waals surface area contributed by atoms with Gasteiger partial charge in [-0.2, -0.15) is 0 Å². The van der Waals surface area contributed by atoms with Gasteiger partial charge in [-0.3, -0.25) is 19.9 Å². The first-order chi connectivity index (χ1) is 18.1. The van der Waals surface area contributed by atoms with Crippen molar-refractivity contribution in [3.05, 3.63) is 59.6 Å². The van der Waals surface area contributed by atoms with Gasteiger partial charge < -0.3 is 14.8 Å². The van der Waals surface area contributed by atoms with Crippen LogP contribution in [0.25, 0.3) is 11.0 Å². The van der Waals surface area contributed by atoms with Crippen LogP contribution < -0.4 is 14.8 Å². The first-order valence-electron chi connectivity index (χ1n) is 12.4. The number of aromatic amines is 1. The minimum Gasteiger partial charge on any atom is -0.486 e. The average molecular weight is 523 g/mol. The van der Waals surface area contributed by atoms with Gasteiger partial charge in [-0.15, -0.1) is 5.10 Å². The quantitative estimate of drug-likeness (QED) is 0.318. The highest BCUT2D eigenvalue weighted by atomic mass is 35.5. The Morgan fingerprint density at radius 3 is 2.68 bits per heavy atom. The van der Waals surface area contributed by atoms with Gasteiger partial charge in [-0.05, 0) is 44.2 Å². The summed E-state index contributed by atoms with van der Waals surface area (Å²) in [6, 6.07) is 11.8. The number of pyridine rings is 1. The van der Waals surface area contributed by atoms with Gasteiger partial charge >= 0.3 is 0 Å².